The summed E-state index contributed by atoms with van der Waals surface area (Å²) in [5.41, 5.74) is 7.23. The number of aryl methyl sites for hydroxylation is 1. The fourth-order valence-corrected chi connectivity index (χ4v) is 2.24. The largest absolute Gasteiger partial charge is 0.321 e. The molecule has 0 aromatic heterocycles. The SMILES string of the molecule is Cc1cc(F)ccc1CC(C)(N)c1cc(F)cc(F)c1. The molecule has 0 aliphatic rings. The normalized spacial score (nSPS) is 14.1. The molecule has 0 radical (unpaired) electrons. The first-order valence-electron chi connectivity index (χ1n) is 6.28. The minimum atomic E-state index is -0.939. The molecule has 1 unspecified atom stereocenters. The lowest BCUT2D eigenvalue weighted by molar-refractivity contribution is 0.477. The van der Waals surface area contributed by atoms with Crippen LogP contribution >= 0.6 is 0 Å². The molecule has 0 saturated heterocycles. The molecule has 0 spiro atoms. The summed E-state index contributed by atoms with van der Waals surface area (Å²) in [6.07, 6.45) is 0.363. The average Bonchev–Trinajstić information content (AvgIpc) is 2.31. The second kappa shape index (κ2) is 5.29. The number of rotatable bonds is 3. The van der Waals surface area contributed by atoms with Gasteiger partial charge in [0, 0.05) is 11.6 Å². The molecule has 1 nitrogen and oxygen atoms in total. The van der Waals surface area contributed by atoms with Crippen LogP contribution in [0.2, 0.25) is 0 Å². The van der Waals surface area contributed by atoms with Crippen molar-refractivity contribution < 1.29 is 13.2 Å². The van der Waals surface area contributed by atoms with E-state index in [0.29, 0.717) is 12.0 Å². The van der Waals surface area contributed by atoms with Gasteiger partial charge in [0.05, 0.1) is 0 Å². The third kappa shape index (κ3) is 3.20. The lowest BCUT2D eigenvalue weighted by Crippen LogP contribution is -2.36. The van der Waals surface area contributed by atoms with E-state index in [0.717, 1.165) is 17.2 Å². The molecule has 2 aromatic carbocycles. The number of hydrogen-bond donors (Lipinski definition) is 1. The molecule has 0 heterocycles. The van der Waals surface area contributed by atoms with E-state index in [1.165, 1.54) is 24.3 Å². The van der Waals surface area contributed by atoms with Gasteiger partial charge in [-0.05, 0) is 61.2 Å². The predicted molar refractivity (Wildman–Crippen MR) is 72.7 cm³/mol. The van der Waals surface area contributed by atoms with Crippen molar-refractivity contribution in [1.82, 2.24) is 0 Å². The van der Waals surface area contributed by atoms with Gasteiger partial charge in [-0.2, -0.15) is 0 Å². The molecule has 2 N–H and O–H groups in total. The number of benzene rings is 2. The van der Waals surface area contributed by atoms with Crippen molar-refractivity contribution in [2.45, 2.75) is 25.8 Å². The summed E-state index contributed by atoms with van der Waals surface area (Å²) < 4.78 is 39.6. The van der Waals surface area contributed by atoms with Gasteiger partial charge in [-0.15, -0.1) is 0 Å². The molecule has 0 aliphatic heterocycles. The third-order valence-corrected chi connectivity index (χ3v) is 3.38. The van der Waals surface area contributed by atoms with E-state index in [1.807, 2.05) is 0 Å². The van der Waals surface area contributed by atoms with Crippen LogP contribution in [0.25, 0.3) is 0 Å². The van der Waals surface area contributed by atoms with Gasteiger partial charge in [0.1, 0.15) is 17.5 Å². The molecule has 0 bridgehead atoms. The maximum Gasteiger partial charge on any atom is 0.126 e. The van der Waals surface area contributed by atoms with Crippen molar-refractivity contribution in [3.05, 3.63) is 70.5 Å². The summed E-state index contributed by atoms with van der Waals surface area (Å²) in [6, 6.07) is 7.67. The molecule has 0 saturated carbocycles. The summed E-state index contributed by atoms with van der Waals surface area (Å²) in [5, 5.41) is 0. The van der Waals surface area contributed by atoms with Gasteiger partial charge in [0.15, 0.2) is 0 Å². The first-order valence-corrected chi connectivity index (χ1v) is 6.28. The second-order valence-electron chi connectivity index (χ2n) is 5.32. The van der Waals surface area contributed by atoms with Crippen molar-refractivity contribution in [3.63, 3.8) is 0 Å². The van der Waals surface area contributed by atoms with Crippen LogP contribution in [0.1, 0.15) is 23.6 Å². The van der Waals surface area contributed by atoms with Gasteiger partial charge in [0.2, 0.25) is 0 Å². The summed E-state index contributed by atoms with van der Waals surface area (Å²) in [6.45, 7) is 3.48. The van der Waals surface area contributed by atoms with Crippen molar-refractivity contribution in [2.24, 2.45) is 5.73 Å². The van der Waals surface area contributed by atoms with E-state index in [2.05, 4.69) is 0 Å². The minimum absolute atomic E-state index is 0.318. The first kappa shape index (κ1) is 14.6. The van der Waals surface area contributed by atoms with Crippen LogP contribution in [0.3, 0.4) is 0 Å². The third-order valence-electron chi connectivity index (χ3n) is 3.38. The van der Waals surface area contributed by atoms with Gasteiger partial charge in [-0.1, -0.05) is 6.07 Å². The van der Waals surface area contributed by atoms with Crippen molar-refractivity contribution in [1.29, 1.82) is 0 Å². The summed E-state index contributed by atoms with van der Waals surface area (Å²) in [5.74, 6) is -1.64. The molecule has 0 aliphatic carbocycles. The van der Waals surface area contributed by atoms with E-state index in [1.54, 1.807) is 19.9 Å². The molecular formula is C16H16F3N. The highest BCUT2D eigenvalue weighted by molar-refractivity contribution is 5.32. The zero-order valence-electron chi connectivity index (χ0n) is 11.4. The summed E-state index contributed by atoms with van der Waals surface area (Å²) in [7, 11) is 0. The van der Waals surface area contributed by atoms with Crippen LogP contribution < -0.4 is 5.73 Å². The Balaban J connectivity index is 2.34. The summed E-state index contributed by atoms with van der Waals surface area (Å²) in [4.78, 5) is 0. The predicted octanol–water partition coefficient (Wildman–Crippen LogP) is 3.83. The van der Waals surface area contributed by atoms with Gasteiger partial charge in [0.25, 0.3) is 0 Å². The monoisotopic (exact) mass is 279 g/mol. The Labute approximate surface area is 116 Å². The number of nitrogens with two attached hydrogens (primary N) is 1. The van der Waals surface area contributed by atoms with Crippen LogP contribution in [0, 0.1) is 24.4 Å². The first-order chi connectivity index (χ1) is 9.28. The van der Waals surface area contributed by atoms with Crippen molar-refractivity contribution in [3.8, 4) is 0 Å². The molecular weight excluding hydrogens is 263 g/mol. The molecule has 4 heteroatoms. The van der Waals surface area contributed by atoms with Gasteiger partial charge < -0.3 is 5.73 Å². The lowest BCUT2D eigenvalue weighted by atomic mass is 9.85. The highest BCUT2D eigenvalue weighted by Gasteiger charge is 2.24. The van der Waals surface area contributed by atoms with Crippen LogP contribution in [-0.2, 0) is 12.0 Å². The van der Waals surface area contributed by atoms with E-state index in [4.69, 9.17) is 5.73 Å². The Morgan fingerprint density at radius 1 is 0.950 bits per heavy atom. The highest BCUT2D eigenvalue weighted by atomic mass is 19.1. The number of hydrogen-bond acceptors (Lipinski definition) is 1. The van der Waals surface area contributed by atoms with Crippen LogP contribution in [0.5, 0.6) is 0 Å². The van der Waals surface area contributed by atoms with E-state index in [9.17, 15) is 13.2 Å². The van der Waals surface area contributed by atoms with Crippen molar-refractivity contribution >= 4 is 0 Å². The van der Waals surface area contributed by atoms with E-state index >= 15 is 0 Å². The smallest absolute Gasteiger partial charge is 0.126 e. The van der Waals surface area contributed by atoms with E-state index in [-0.39, 0.29) is 5.82 Å². The molecule has 2 rings (SSSR count). The molecule has 1 atom stereocenters. The van der Waals surface area contributed by atoms with Crippen LogP contribution in [-0.4, -0.2) is 0 Å². The van der Waals surface area contributed by atoms with Crippen molar-refractivity contribution in [2.75, 3.05) is 0 Å². The zero-order chi connectivity index (χ0) is 14.9. The van der Waals surface area contributed by atoms with Crippen LogP contribution in [0.4, 0.5) is 13.2 Å². The average molecular weight is 279 g/mol. The van der Waals surface area contributed by atoms with Gasteiger partial charge in [-0.3, -0.25) is 0 Å². The fourth-order valence-electron chi connectivity index (χ4n) is 2.24. The molecule has 20 heavy (non-hydrogen) atoms. The minimum Gasteiger partial charge on any atom is -0.321 e. The quantitative estimate of drug-likeness (QED) is 0.908. The van der Waals surface area contributed by atoms with Gasteiger partial charge in [-0.25, -0.2) is 13.2 Å². The molecule has 2 aromatic rings. The van der Waals surface area contributed by atoms with Crippen LogP contribution in [0.15, 0.2) is 36.4 Å². The zero-order valence-corrected chi connectivity index (χ0v) is 11.4. The Morgan fingerprint density at radius 2 is 1.55 bits per heavy atom. The Hall–Kier alpha value is -1.81. The Bertz CT molecular complexity index is 615. The van der Waals surface area contributed by atoms with E-state index < -0.39 is 17.2 Å². The summed E-state index contributed by atoms with van der Waals surface area (Å²) >= 11 is 0. The molecule has 0 amide bonds. The molecule has 0 fully saturated rings. The second-order valence-corrected chi connectivity index (χ2v) is 5.32. The maximum atomic E-state index is 13.3. The standard InChI is InChI=1S/C16H16F3N/c1-10-5-13(17)4-3-11(10)9-16(2,20)12-6-14(18)8-15(19)7-12/h3-8H,9,20H2,1-2H3. The fraction of sp³-hybridized carbons (Fsp3) is 0.250. The maximum absolute atomic E-state index is 13.3. The lowest BCUT2D eigenvalue weighted by Gasteiger charge is -2.26. The Kier molecular flexibility index (Phi) is 3.86. The highest BCUT2D eigenvalue weighted by Crippen LogP contribution is 2.26. The molecule has 106 valence electrons. The topological polar surface area (TPSA) is 26.0 Å². The number of halogens is 3. The van der Waals surface area contributed by atoms with Gasteiger partial charge >= 0.3 is 0 Å². The Morgan fingerprint density at radius 3 is 2.10 bits per heavy atom.